The summed E-state index contributed by atoms with van der Waals surface area (Å²) in [4.78, 5) is 9.78. The predicted octanol–water partition coefficient (Wildman–Crippen LogP) is 0.979. The fraction of sp³-hybridized carbons (Fsp3) is 0.261. The number of ether oxygens (including phenoxy) is 1. The number of hydrogen-bond donors (Lipinski definition) is 8. The van der Waals surface area contributed by atoms with Crippen molar-refractivity contribution >= 4 is 43.3 Å². The minimum Gasteiger partial charge on any atom is -0.481 e. The first kappa shape index (κ1) is 33.4. The largest absolute Gasteiger partial charge is 0.481 e. The lowest BCUT2D eigenvalue weighted by atomic mass is 9.99. The number of aliphatic carboxylic acids is 1. The summed E-state index contributed by atoms with van der Waals surface area (Å²) in [5, 5.41) is 8.46. The van der Waals surface area contributed by atoms with E-state index < -0.39 is 26.2 Å². The molecule has 1 aliphatic rings. The Hall–Kier alpha value is -3.67. The molecule has 0 radical (unpaired) electrons. The Balaban J connectivity index is 0.000000299. The number of nitrogen functional groups attached to an aromatic ring is 3. The van der Waals surface area contributed by atoms with Crippen LogP contribution in [-0.2, 0) is 29.8 Å². The van der Waals surface area contributed by atoms with Gasteiger partial charge in [0, 0.05) is 30.1 Å². The van der Waals surface area contributed by atoms with E-state index in [9.17, 15) is 21.6 Å². The summed E-state index contributed by atoms with van der Waals surface area (Å²) in [5.74, 6) is -0.817. The molecular formula is C23H33N5O9S2. The number of carboxylic acids is 1. The fourth-order valence-electron chi connectivity index (χ4n) is 2.92. The van der Waals surface area contributed by atoms with Crippen molar-refractivity contribution in [2.75, 3.05) is 23.8 Å². The quantitative estimate of drug-likeness (QED) is 0.127. The average molecular weight is 588 g/mol. The summed E-state index contributed by atoms with van der Waals surface area (Å²) in [6.07, 6.45) is 3.97. The van der Waals surface area contributed by atoms with E-state index in [1.54, 1.807) is 6.08 Å². The first-order valence-corrected chi connectivity index (χ1v) is 14.0. The van der Waals surface area contributed by atoms with Crippen LogP contribution in [0.15, 0.2) is 75.7 Å². The minimum atomic E-state index is -4.26. The van der Waals surface area contributed by atoms with Gasteiger partial charge in [-0.15, -0.1) is 0 Å². The van der Waals surface area contributed by atoms with Gasteiger partial charge in [-0.1, -0.05) is 6.08 Å². The van der Waals surface area contributed by atoms with Crippen molar-refractivity contribution in [3.63, 3.8) is 0 Å². The van der Waals surface area contributed by atoms with Crippen molar-refractivity contribution in [3.05, 3.63) is 65.9 Å². The van der Waals surface area contributed by atoms with Gasteiger partial charge in [-0.3, -0.25) is 13.9 Å². The number of rotatable bonds is 7. The first-order chi connectivity index (χ1) is 17.9. The van der Waals surface area contributed by atoms with E-state index in [2.05, 4.69) is 0 Å². The molecule has 3 rings (SSSR count). The van der Waals surface area contributed by atoms with Crippen LogP contribution in [0.4, 0.5) is 17.1 Å². The molecule has 0 bridgehead atoms. The van der Waals surface area contributed by atoms with Crippen LogP contribution in [0.25, 0.3) is 0 Å². The molecule has 0 fully saturated rings. The molecule has 0 spiro atoms. The highest BCUT2D eigenvalue weighted by Crippen LogP contribution is 2.20. The molecule has 2 unspecified atom stereocenters. The van der Waals surface area contributed by atoms with Crippen LogP contribution in [-0.4, -0.2) is 55.8 Å². The molecule has 216 valence electrons. The summed E-state index contributed by atoms with van der Waals surface area (Å²) in [5.41, 5.74) is 29.8. The number of hydrogen-bond acceptors (Lipinski definition) is 11. The molecule has 0 aromatic heterocycles. The number of benzene rings is 2. The zero-order chi connectivity index (χ0) is 30.0. The summed E-state index contributed by atoms with van der Waals surface area (Å²) >= 11 is 0. The van der Waals surface area contributed by atoms with Crippen LogP contribution in [0.5, 0.6) is 0 Å². The second-order valence-corrected chi connectivity index (χ2v) is 11.0. The third-order valence-electron chi connectivity index (χ3n) is 4.96. The van der Waals surface area contributed by atoms with Crippen LogP contribution in [0.3, 0.4) is 0 Å². The topological polar surface area (TPSA) is 285 Å². The lowest BCUT2D eigenvalue weighted by Gasteiger charge is -2.24. The Kier molecular flexibility index (Phi) is 12.4. The van der Waals surface area contributed by atoms with Gasteiger partial charge in [0.05, 0.1) is 22.7 Å². The molecule has 0 amide bonds. The zero-order valence-corrected chi connectivity index (χ0v) is 22.6. The molecule has 13 N–H and O–H groups in total. The van der Waals surface area contributed by atoms with Gasteiger partial charge in [0.2, 0.25) is 0 Å². The smallest absolute Gasteiger partial charge is 0.303 e. The molecule has 0 saturated heterocycles. The van der Waals surface area contributed by atoms with Crippen LogP contribution in [0, 0.1) is 0 Å². The highest BCUT2D eigenvalue weighted by atomic mass is 32.2. The highest BCUT2D eigenvalue weighted by molar-refractivity contribution is 7.86. The molecule has 0 aliphatic heterocycles. The second-order valence-electron chi connectivity index (χ2n) is 8.20. The minimum absolute atomic E-state index is 0.0216. The maximum atomic E-state index is 10.6. The van der Waals surface area contributed by atoms with Gasteiger partial charge in [-0.05, 0) is 67.5 Å². The Morgan fingerprint density at radius 1 is 0.897 bits per heavy atom. The summed E-state index contributed by atoms with van der Waals surface area (Å²) in [6.45, 7) is 2.27. The molecule has 1 aliphatic carbocycles. The standard InChI is InChI=1S/C11H18N2O3.C6H8N2O3S.C6H7NO3S/c1-7-5-9(13)10(6-8(7)12)16-4-2-3-11(14)15;7-4-1-2-5(8)6(3-4)12(9,10)11;7-5-1-3-6(4-2-5)11(8,9)10/h5-6,9-10H,2-4,12-13H2,1H3,(H,14,15);1-3H,7-8H2,(H,9,10,11);1-4H,7H2,(H,8,9,10). The third kappa shape index (κ3) is 12.2. The van der Waals surface area contributed by atoms with Crippen molar-refractivity contribution < 1.29 is 40.6 Å². The molecule has 2 aromatic carbocycles. The average Bonchev–Trinajstić information content (AvgIpc) is 2.81. The Bertz CT molecular complexity index is 1410. The number of anilines is 3. The van der Waals surface area contributed by atoms with Gasteiger partial charge >= 0.3 is 5.97 Å². The van der Waals surface area contributed by atoms with E-state index in [4.69, 9.17) is 47.6 Å². The lowest BCUT2D eigenvalue weighted by Crippen LogP contribution is -2.37. The predicted molar refractivity (Wildman–Crippen MR) is 146 cm³/mol. The van der Waals surface area contributed by atoms with Crippen LogP contribution >= 0.6 is 0 Å². The van der Waals surface area contributed by atoms with E-state index in [-0.39, 0.29) is 39.7 Å². The van der Waals surface area contributed by atoms with Crippen LogP contribution < -0.4 is 28.7 Å². The second kappa shape index (κ2) is 14.5. The summed E-state index contributed by atoms with van der Waals surface area (Å²) in [7, 11) is -8.34. The normalized spacial score (nSPS) is 16.9. The zero-order valence-electron chi connectivity index (χ0n) is 21.0. The third-order valence-corrected chi connectivity index (χ3v) is 6.74. The molecule has 2 aromatic rings. The summed E-state index contributed by atoms with van der Waals surface area (Å²) in [6, 6.07) is 8.95. The Labute approximate surface area is 226 Å². The fourth-order valence-corrected chi connectivity index (χ4v) is 4.05. The van der Waals surface area contributed by atoms with Crippen molar-refractivity contribution in [3.8, 4) is 0 Å². The van der Waals surface area contributed by atoms with Gasteiger partial charge in [0.15, 0.2) is 0 Å². The summed E-state index contributed by atoms with van der Waals surface area (Å²) < 4.78 is 64.8. The first-order valence-electron chi connectivity index (χ1n) is 11.1. The van der Waals surface area contributed by atoms with Gasteiger partial charge in [0.1, 0.15) is 4.90 Å². The van der Waals surface area contributed by atoms with Crippen molar-refractivity contribution in [2.24, 2.45) is 11.5 Å². The van der Waals surface area contributed by atoms with Crippen molar-refractivity contribution in [2.45, 2.75) is 41.7 Å². The highest BCUT2D eigenvalue weighted by Gasteiger charge is 2.19. The lowest BCUT2D eigenvalue weighted by molar-refractivity contribution is -0.137. The molecule has 39 heavy (non-hydrogen) atoms. The van der Waals surface area contributed by atoms with E-state index >= 15 is 0 Å². The number of nitrogens with two attached hydrogens (primary N) is 5. The number of carbonyl (C=O) groups is 1. The number of carboxylic acid groups (broad SMARTS) is 1. The molecule has 0 saturated carbocycles. The van der Waals surface area contributed by atoms with E-state index in [1.165, 1.54) is 36.4 Å². The SMILES string of the molecule is CC1=CC(N)C(OCCCC(=O)O)C=C1N.Nc1ccc(N)c(S(=O)(=O)O)c1.Nc1ccc(S(=O)(=O)O)cc1. The van der Waals surface area contributed by atoms with Crippen molar-refractivity contribution in [1.82, 2.24) is 0 Å². The Morgan fingerprint density at radius 3 is 1.95 bits per heavy atom. The van der Waals surface area contributed by atoms with Gasteiger partial charge in [-0.2, -0.15) is 16.8 Å². The van der Waals surface area contributed by atoms with Crippen LogP contribution in [0.1, 0.15) is 19.8 Å². The maximum Gasteiger partial charge on any atom is 0.303 e. The molecule has 0 heterocycles. The van der Waals surface area contributed by atoms with Crippen LogP contribution in [0.2, 0.25) is 0 Å². The Morgan fingerprint density at radius 2 is 1.46 bits per heavy atom. The molecule has 14 nitrogen and oxygen atoms in total. The van der Waals surface area contributed by atoms with Gasteiger partial charge in [-0.25, -0.2) is 0 Å². The van der Waals surface area contributed by atoms with E-state index in [0.29, 0.717) is 24.4 Å². The number of allylic oxidation sites excluding steroid dienone is 1. The van der Waals surface area contributed by atoms with Gasteiger partial charge < -0.3 is 38.5 Å². The monoisotopic (exact) mass is 587 g/mol. The maximum absolute atomic E-state index is 10.6. The molecule has 16 heteroatoms. The van der Waals surface area contributed by atoms with Gasteiger partial charge in [0.25, 0.3) is 20.2 Å². The molecule has 2 atom stereocenters. The molecular weight excluding hydrogens is 554 g/mol. The van der Waals surface area contributed by atoms with E-state index in [1.807, 2.05) is 13.0 Å². The van der Waals surface area contributed by atoms with E-state index in [0.717, 1.165) is 11.6 Å². The van der Waals surface area contributed by atoms with Crippen molar-refractivity contribution in [1.29, 1.82) is 0 Å².